The standard InChI is InChI=1S/C21H23N3O/c1-16-9-12-24-19(15-22-20(24)13-16)18(17-7-3-2-4-8-17)14-21(25)23-10-5-6-11-23/h2-4,7-9,12-13,15,18H,5-6,10-11,14H2,1H3/t18-/m0/s1. The fraction of sp³-hybridized carbons (Fsp3) is 0.333. The molecule has 0 spiro atoms. The van der Waals surface area contributed by atoms with Crippen LogP contribution in [0, 0.1) is 6.92 Å². The summed E-state index contributed by atoms with van der Waals surface area (Å²) < 4.78 is 2.11. The average molecular weight is 333 g/mol. The second-order valence-corrected chi connectivity index (χ2v) is 6.87. The van der Waals surface area contributed by atoms with Crippen molar-refractivity contribution in [1.29, 1.82) is 0 Å². The lowest BCUT2D eigenvalue weighted by molar-refractivity contribution is -0.130. The predicted molar refractivity (Wildman–Crippen MR) is 98.6 cm³/mol. The number of hydrogen-bond donors (Lipinski definition) is 0. The quantitative estimate of drug-likeness (QED) is 0.728. The van der Waals surface area contributed by atoms with Gasteiger partial charge in [-0.1, -0.05) is 30.3 Å². The molecule has 1 atom stereocenters. The molecule has 1 fully saturated rings. The molecule has 2 aromatic heterocycles. The van der Waals surface area contributed by atoms with Crippen molar-refractivity contribution in [1.82, 2.24) is 14.3 Å². The SMILES string of the molecule is Cc1ccn2c([C@@H](CC(=O)N3CCCC3)c3ccccc3)cnc2c1. The van der Waals surface area contributed by atoms with Crippen LogP contribution in [-0.4, -0.2) is 33.3 Å². The van der Waals surface area contributed by atoms with Gasteiger partial charge >= 0.3 is 0 Å². The first-order valence-electron chi connectivity index (χ1n) is 8.99. The third-order valence-electron chi connectivity index (χ3n) is 5.09. The van der Waals surface area contributed by atoms with E-state index in [0.717, 1.165) is 42.8 Å². The third-order valence-corrected chi connectivity index (χ3v) is 5.09. The van der Waals surface area contributed by atoms with Gasteiger partial charge in [-0.25, -0.2) is 4.98 Å². The Hall–Kier alpha value is -2.62. The lowest BCUT2D eigenvalue weighted by Crippen LogP contribution is -2.29. The highest BCUT2D eigenvalue weighted by Gasteiger charge is 2.25. The Morgan fingerprint density at radius 3 is 2.68 bits per heavy atom. The van der Waals surface area contributed by atoms with Crippen LogP contribution in [0.15, 0.2) is 54.9 Å². The van der Waals surface area contributed by atoms with Gasteiger partial charge in [-0.05, 0) is 43.0 Å². The monoisotopic (exact) mass is 333 g/mol. The molecule has 1 aliphatic heterocycles. The Morgan fingerprint density at radius 1 is 1.16 bits per heavy atom. The molecular weight excluding hydrogens is 310 g/mol. The summed E-state index contributed by atoms with van der Waals surface area (Å²) in [6, 6.07) is 14.5. The van der Waals surface area contributed by atoms with Crippen molar-refractivity contribution in [3.63, 3.8) is 0 Å². The highest BCUT2D eigenvalue weighted by Crippen LogP contribution is 2.30. The van der Waals surface area contributed by atoms with Gasteiger partial charge in [0, 0.05) is 37.8 Å². The molecule has 4 rings (SSSR count). The lowest BCUT2D eigenvalue weighted by atomic mass is 9.92. The van der Waals surface area contributed by atoms with Crippen LogP contribution in [0.5, 0.6) is 0 Å². The van der Waals surface area contributed by atoms with Crippen LogP contribution >= 0.6 is 0 Å². The number of carbonyl (C=O) groups excluding carboxylic acids is 1. The summed E-state index contributed by atoms with van der Waals surface area (Å²) in [5.74, 6) is 0.264. The van der Waals surface area contributed by atoms with Crippen molar-refractivity contribution in [3.05, 3.63) is 71.7 Å². The average Bonchev–Trinajstić information content (AvgIpc) is 3.30. The molecule has 0 bridgehead atoms. The molecule has 4 nitrogen and oxygen atoms in total. The third kappa shape index (κ3) is 3.16. The first kappa shape index (κ1) is 15.9. The Morgan fingerprint density at radius 2 is 1.92 bits per heavy atom. The summed E-state index contributed by atoms with van der Waals surface area (Å²) in [5.41, 5.74) is 4.37. The molecule has 0 aliphatic carbocycles. The van der Waals surface area contributed by atoms with Gasteiger partial charge in [0.2, 0.25) is 5.91 Å². The van der Waals surface area contributed by atoms with Crippen LogP contribution in [0.4, 0.5) is 0 Å². The Balaban J connectivity index is 1.73. The van der Waals surface area contributed by atoms with Gasteiger partial charge < -0.3 is 9.30 Å². The number of imidazole rings is 1. The molecule has 0 saturated carbocycles. The fourth-order valence-corrected chi connectivity index (χ4v) is 3.71. The summed E-state index contributed by atoms with van der Waals surface area (Å²) in [6.45, 7) is 3.86. The van der Waals surface area contributed by atoms with Gasteiger partial charge in [0.15, 0.2) is 0 Å². The van der Waals surface area contributed by atoms with Gasteiger partial charge in [-0.3, -0.25) is 4.79 Å². The number of aryl methyl sites for hydroxylation is 1. The van der Waals surface area contributed by atoms with Crippen LogP contribution < -0.4 is 0 Å². The number of hydrogen-bond acceptors (Lipinski definition) is 2. The molecule has 4 heteroatoms. The molecule has 0 radical (unpaired) electrons. The smallest absolute Gasteiger partial charge is 0.223 e. The van der Waals surface area contributed by atoms with E-state index in [0.29, 0.717) is 6.42 Å². The first-order chi connectivity index (χ1) is 12.2. The second-order valence-electron chi connectivity index (χ2n) is 6.87. The zero-order valence-corrected chi connectivity index (χ0v) is 14.6. The number of amides is 1. The van der Waals surface area contributed by atoms with Gasteiger partial charge in [-0.15, -0.1) is 0 Å². The Labute approximate surface area is 148 Å². The van der Waals surface area contributed by atoms with Gasteiger partial charge in [0.05, 0.1) is 5.69 Å². The highest BCUT2D eigenvalue weighted by atomic mass is 16.2. The molecule has 128 valence electrons. The van der Waals surface area contributed by atoms with E-state index in [1.165, 1.54) is 5.56 Å². The summed E-state index contributed by atoms with van der Waals surface area (Å²) in [7, 11) is 0. The van der Waals surface area contributed by atoms with Crippen LogP contribution in [0.3, 0.4) is 0 Å². The van der Waals surface area contributed by atoms with Crippen LogP contribution in [-0.2, 0) is 4.79 Å². The molecular formula is C21H23N3O. The van der Waals surface area contributed by atoms with E-state index in [2.05, 4.69) is 46.8 Å². The molecule has 1 aliphatic rings. The molecule has 1 aromatic carbocycles. The molecule has 1 amide bonds. The van der Waals surface area contributed by atoms with Crippen LogP contribution in [0.1, 0.15) is 42.0 Å². The van der Waals surface area contributed by atoms with Crippen molar-refractivity contribution in [2.24, 2.45) is 0 Å². The van der Waals surface area contributed by atoms with E-state index in [1.807, 2.05) is 29.3 Å². The molecule has 3 aromatic rings. The molecule has 0 N–H and O–H groups in total. The minimum Gasteiger partial charge on any atom is -0.343 e. The number of benzene rings is 1. The Bertz CT molecular complexity index is 879. The van der Waals surface area contributed by atoms with E-state index < -0.39 is 0 Å². The van der Waals surface area contributed by atoms with Gasteiger partial charge in [0.25, 0.3) is 0 Å². The maximum atomic E-state index is 12.8. The number of rotatable bonds is 4. The van der Waals surface area contributed by atoms with Gasteiger partial charge in [-0.2, -0.15) is 0 Å². The van der Waals surface area contributed by atoms with Crippen molar-refractivity contribution in [3.8, 4) is 0 Å². The normalized spacial score (nSPS) is 15.6. The van der Waals surface area contributed by atoms with Crippen LogP contribution in [0.2, 0.25) is 0 Å². The Kier molecular flexibility index (Phi) is 4.26. The first-order valence-corrected chi connectivity index (χ1v) is 8.99. The van der Waals surface area contributed by atoms with E-state index in [1.54, 1.807) is 0 Å². The maximum Gasteiger partial charge on any atom is 0.223 e. The second kappa shape index (κ2) is 6.71. The molecule has 1 saturated heterocycles. The fourth-order valence-electron chi connectivity index (χ4n) is 3.71. The maximum absolute atomic E-state index is 12.8. The van der Waals surface area contributed by atoms with Crippen molar-refractivity contribution >= 4 is 11.6 Å². The minimum atomic E-state index is 0.0204. The number of fused-ring (bicyclic) bond motifs is 1. The summed E-state index contributed by atoms with van der Waals surface area (Å²) >= 11 is 0. The van der Waals surface area contributed by atoms with E-state index >= 15 is 0 Å². The van der Waals surface area contributed by atoms with Gasteiger partial charge in [0.1, 0.15) is 5.65 Å². The molecule has 25 heavy (non-hydrogen) atoms. The van der Waals surface area contributed by atoms with Crippen LogP contribution in [0.25, 0.3) is 5.65 Å². The van der Waals surface area contributed by atoms with Crippen molar-refractivity contribution < 1.29 is 4.79 Å². The van der Waals surface area contributed by atoms with E-state index in [-0.39, 0.29) is 11.8 Å². The number of aromatic nitrogens is 2. The highest BCUT2D eigenvalue weighted by molar-refractivity contribution is 5.78. The van der Waals surface area contributed by atoms with Crippen molar-refractivity contribution in [2.75, 3.05) is 13.1 Å². The van der Waals surface area contributed by atoms with E-state index in [9.17, 15) is 4.79 Å². The number of pyridine rings is 1. The summed E-state index contributed by atoms with van der Waals surface area (Å²) in [5, 5.41) is 0. The number of likely N-dealkylation sites (tertiary alicyclic amines) is 1. The van der Waals surface area contributed by atoms with Crippen molar-refractivity contribution in [2.45, 2.75) is 32.1 Å². The zero-order chi connectivity index (χ0) is 17.2. The largest absolute Gasteiger partial charge is 0.343 e. The molecule has 0 unspecified atom stereocenters. The zero-order valence-electron chi connectivity index (χ0n) is 14.6. The number of carbonyl (C=O) groups is 1. The summed E-state index contributed by atoms with van der Waals surface area (Å²) in [4.78, 5) is 19.4. The topological polar surface area (TPSA) is 37.6 Å². The number of nitrogens with zero attached hydrogens (tertiary/aromatic N) is 3. The van der Waals surface area contributed by atoms with E-state index in [4.69, 9.17) is 0 Å². The minimum absolute atomic E-state index is 0.0204. The molecule has 3 heterocycles. The predicted octanol–water partition coefficient (Wildman–Crippen LogP) is 3.79. The lowest BCUT2D eigenvalue weighted by Gasteiger charge is -2.21. The summed E-state index contributed by atoms with van der Waals surface area (Å²) in [6.07, 6.45) is 6.71.